The Balaban J connectivity index is 1.52. The van der Waals surface area contributed by atoms with Gasteiger partial charge in [-0.3, -0.25) is 9.59 Å². The number of hydrogen-bond acceptors (Lipinski definition) is 4. The summed E-state index contributed by atoms with van der Waals surface area (Å²) in [5, 5.41) is 8.53. The van der Waals surface area contributed by atoms with Crippen molar-refractivity contribution in [3.63, 3.8) is 0 Å². The molecule has 2 heterocycles. The van der Waals surface area contributed by atoms with Gasteiger partial charge in [0.1, 0.15) is 11.0 Å². The van der Waals surface area contributed by atoms with Crippen molar-refractivity contribution in [2.45, 2.75) is 18.9 Å². The molecule has 0 radical (unpaired) electrons. The molecule has 26 heavy (non-hydrogen) atoms. The highest BCUT2D eigenvalue weighted by molar-refractivity contribution is 7.13. The van der Waals surface area contributed by atoms with Crippen LogP contribution in [0.25, 0.3) is 21.8 Å². The zero-order valence-corrected chi connectivity index (χ0v) is 14.8. The molecule has 2 amide bonds. The van der Waals surface area contributed by atoms with Crippen LogP contribution >= 0.6 is 11.3 Å². The van der Waals surface area contributed by atoms with E-state index in [1.165, 1.54) is 0 Å². The van der Waals surface area contributed by atoms with Crippen LogP contribution in [0, 0.1) is 0 Å². The average Bonchev–Trinajstić information content (AvgIpc) is 3.32. The van der Waals surface area contributed by atoms with Crippen molar-refractivity contribution in [3.05, 3.63) is 60.0 Å². The molecule has 2 N–H and O–H groups in total. The molecule has 1 saturated heterocycles. The second-order valence-corrected chi connectivity index (χ2v) is 6.99. The molecule has 1 fully saturated rings. The lowest BCUT2D eigenvalue weighted by molar-refractivity contribution is -0.122. The molecule has 1 aliphatic rings. The second kappa shape index (κ2) is 7.09. The number of aromatic nitrogens is 1. The third-order valence-electron chi connectivity index (χ3n) is 4.26. The van der Waals surface area contributed by atoms with E-state index in [4.69, 9.17) is 4.98 Å². The summed E-state index contributed by atoms with van der Waals surface area (Å²) < 4.78 is 0. The zero-order valence-electron chi connectivity index (χ0n) is 13.9. The van der Waals surface area contributed by atoms with Gasteiger partial charge in [-0.15, -0.1) is 11.3 Å². The molecule has 0 saturated carbocycles. The van der Waals surface area contributed by atoms with Gasteiger partial charge in [-0.25, -0.2) is 4.98 Å². The third-order valence-corrected chi connectivity index (χ3v) is 5.15. The number of nitrogens with one attached hydrogen (secondary N) is 2. The van der Waals surface area contributed by atoms with Gasteiger partial charge in [-0.05, 0) is 18.6 Å². The number of thiazole rings is 1. The van der Waals surface area contributed by atoms with Crippen LogP contribution in [0.15, 0.2) is 60.0 Å². The van der Waals surface area contributed by atoms with E-state index in [0.29, 0.717) is 18.5 Å². The van der Waals surface area contributed by atoms with Gasteiger partial charge in [0.15, 0.2) is 0 Å². The van der Waals surface area contributed by atoms with E-state index in [1.807, 2.05) is 60.0 Å². The Bertz CT molecular complexity index is 952. The first-order chi connectivity index (χ1) is 12.7. The molecule has 2 aromatic carbocycles. The van der Waals surface area contributed by atoms with Crippen molar-refractivity contribution in [1.29, 1.82) is 0 Å². The third kappa shape index (κ3) is 3.50. The number of carbonyl (C=O) groups excluding carboxylic acids is 2. The molecule has 0 spiro atoms. The minimum absolute atomic E-state index is 0.0742. The van der Waals surface area contributed by atoms with Crippen LogP contribution in [0.2, 0.25) is 0 Å². The van der Waals surface area contributed by atoms with Crippen LogP contribution in [-0.2, 0) is 9.59 Å². The molecule has 1 unspecified atom stereocenters. The Hall–Kier alpha value is -2.99. The van der Waals surface area contributed by atoms with Gasteiger partial charge in [-0.1, -0.05) is 42.5 Å². The lowest BCUT2D eigenvalue weighted by Crippen LogP contribution is -2.37. The molecule has 5 nitrogen and oxygen atoms in total. The van der Waals surface area contributed by atoms with Crippen molar-refractivity contribution in [1.82, 2.24) is 10.3 Å². The number of amides is 2. The maximum Gasteiger partial charge on any atom is 0.246 e. The van der Waals surface area contributed by atoms with E-state index in [1.54, 1.807) is 11.3 Å². The molecule has 0 aliphatic carbocycles. The lowest BCUT2D eigenvalue weighted by atomic mass is 10.1. The minimum Gasteiger partial charge on any atom is -0.344 e. The smallest absolute Gasteiger partial charge is 0.246 e. The molecule has 4 rings (SSSR count). The summed E-state index contributed by atoms with van der Waals surface area (Å²) in [6.07, 6.45) is 0.941. The maximum absolute atomic E-state index is 12.3. The Morgan fingerprint density at radius 2 is 1.92 bits per heavy atom. The van der Waals surface area contributed by atoms with E-state index in [-0.39, 0.29) is 11.8 Å². The van der Waals surface area contributed by atoms with E-state index < -0.39 is 6.04 Å². The van der Waals surface area contributed by atoms with Gasteiger partial charge in [0.05, 0.1) is 5.69 Å². The number of rotatable bonds is 4. The maximum atomic E-state index is 12.3. The Kier molecular flexibility index (Phi) is 4.50. The predicted octanol–water partition coefficient (Wildman–Crippen LogP) is 3.69. The monoisotopic (exact) mass is 363 g/mol. The SMILES string of the molecule is O=C1CCC(C(=O)Nc2cccc(-c3csc(-c4ccccc4)n3)c2)N1. The quantitative estimate of drug-likeness (QED) is 0.742. The largest absolute Gasteiger partial charge is 0.344 e. The second-order valence-electron chi connectivity index (χ2n) is 6.13. The van der Waals surface area contributed by atoms with Crippen LogP contribution in [0.4, 0.5) is 5.69 Å². The van der Waals surface area contributed by atoms with Crippen LogP contribution < -0.4 is 10.6 Å². The number of benzene rings is 2. The summed E-state index contributed by atoms with van der Waals surface area (Å²) in [6.45, 7) is 0. The highest BCUT2D eigenvalue weighted by Gasteiger charge is 2.27. The van der Waals surface area contributed by atoms with Crippen molar-refractivity contribution in [2.75, 3.05) is 5.32 Å². The number of carbonyl (C=O) groups is 2. The fourth-order valence-corrected chi connectivity index (χ4v) is 3.75. The molecular weight excluding hydrogens is 346 g/mol. The van der Waals surface area contributed by atoms with Crippen LogP contribution in [-0.4, -0.2) is 22.8 Å². The Morgan fingerprint density at radius 1 is 1.12 bits per heavy atom. The summed E-state index contributed by atoms with van der Waals surface area (Å²) in [4.78, 5) is 28.2. The minimum atomic E-state index is -0.449. The van der Waals surface area contributed by atoms with Gasteiger partial charge in [0.2, 0.25) is 11.8 Å². The summed E-state index contributed by atoms with van der Waals surface area (Å²) in [5.74, 6) is -0.258. The zero-order chi connectivity index (χ0) is 17.9. The van der Waals surface area contributed by atoms with E-state index in [2.05, 4.69) is 10.6 Å². The van der Waals surface area contributed by atoms with Gasteiger partial charge < -0.3 is 10.6 Å². The highest BCUT2D eigenvalue weighted by Crippen LogP contribution is 2.29. The normalized spacial score (nSPS) is 16.3. The van der Waals surface area contributed by atoms with Crippen LogP contribution in [0.5, 0.6) is 0 Å². The first-order valence-corrected chi connectivity index (χ1v) is 9.28. The number of anilines is 1. The Labute approximate surface area is 155 Å². The molecule has 1 aliphatic heterocycles. The predicted molar refractivity (Wildman–Crippen MR) is 103 cm³/mol. The molecule has 1 atom stereocenters. The van der Waals surface area contributed by atoms with Gasteiger partial charge >= 0.3 is 0 Å². The van der Waals surface area contributed by atoms with E-state index in [9.17, 15) is 9.59 Å². The fraction of sp³-hybridized carbons (Fsp3) is 0.150. The van der Waals surface area contributed by atoms with E-state index in [0.717, 1.165) is 21.8 Å². The summed E-state index contributed by atoms with van der Waals surface area (Å²) in [5.41, 5.74) is 3.60. The van der Waals surface area contributed by atoms with Crippen molar-refractivity contribution < 1.29 is 9.59 Å². The van der Waals surface area contributed by atoms with Crippen LogP contribution in [0.1, 0.15) is 12.8 Å². The van der Waals surface area contributed by atoms with Crippen LogP contribution in [0.3, 0.4) is 0 Å². The number of nitrogens with zero attached hydrogens (tertiary/aromatic N) is 1. The molecule has 0 bridgehead atoms. The van der Waals surface area contributed by atoms with Gasteiger partial charge in [-0.2, -0.15) is 0 Å². The first kappa shape index (κ1) is 16.5. The summed E-state index contributed by atoms with van der Waals surface area (Å²) in [7, 11) is 0. The fourth-order valence-electron chi connectivity index (χ4n) is 2.92. The molecule has 130 valence electrons. The summed E-state index contributed by atoms with van der Waals surface area (Å²) >= 11 is 1.59. The van der Waals surface area contributed by atoms with Crippen molar-refractivity contribution in [2.24, 2.45) is 0 Å². The first-order valence-electron chi connectivity index (χ1n) is 8.41. The Morgan fingerprint density at radius 3 is 2.69 bits per heavy atom. The average molecular weight is 363 g/mol. The highest BCUT2D eigenvalue weighted by atomic mass is 32.1. The number of hydrogen-bond donors (Lipinski definition) is 2. The molecular formula is C20H17N3O2S. The summed E-state index contributed by atoms with van der Waals surface area (Å²) in [6, 6.07) is 17.2. The lowest BCUT2D eigenvalue weighted by Gasteiger charge is -2.11. The molecule has 1 aromatic heterocycles. The van der Waals surface area contributed by atoms with Gasteiger partial charge in [0.25, 0.3) is 0 Å². The molecule has 3 aromatic rings. The standard InChI is InChI=1S/C20H17N3O2S/c24-18-10-9-16(22-18)19(25)21-15-8-4-7-14(11-15)17-12-26-20(23-17)13-5-2-1-3-6-13/h1-8,11-12,16H,9-10H2,(H,21,25)(H,22,24). The topological polar surface area (TPSA) is 71.1 Å². The van der Waals surface area contributed by atoms with E-state index >= 15 is 0 Å². The van der Waals surface area contributed by atoms with Crippen molar-refractivity contribution in [3.8, 4) is 21.8 Å². The van der Waals surface area contributed by atoms with Gasteiger partial charge in [0, 0.05) is 28.6 Å². The van der Waals surface area contributed by atoms with Crippen molar-refractivity contribution >= 4 is 28.8 Å². The molecule has 6 heteroatoms.